The van der Waals surface area contributed by atoms with Gasteiger partial charge in [-0.1, -0.05) is 60.3 Å². The van der Waals surface area contributed by atoms with Crippen molar-refractivity contribution >= 4 is 23.4 Å². The summed E-state index contributed by atoms with van der Waals surface area (Å²) in [5.41, 5.74) is 4.16. The lowest BCUT2D eigenvalue weighted by atomic mass is 10.1. The molecule has 0 aliphatic heterocycles. The van der Waals surface area contributed by atoms with E-state index in [9.17, 15) is 9.59 Å². The van der Waals surface area contributed by atoms with Crippen molar-refractivity contribution in [3.63, 3.8) is 0 Å². The van der Waals surface area contributed by atoms with Crippen LogP contribution in [0.2, 0.25) is 0 Å². The van der Waals surface area contributed by atoms with Crippen LogP contribution in [0.5, 0.6) is 0 Å². The van der Waals surface area contributed by atoms with Gasteiger partial charge in [-0.25, -0.2) is 4.98 Å². The van der Waals surface area contributed by atoms with E-state index in [-0.39, 0.29) is 17.9 Å². The van der Waals surface area contributed by atoms with Gasteiger partial charge in [-0.3, -0.25) is 9.59 Å². The van der Waals surface area contributed by atoms with Gasteiger partial charge in [0.05, 0.1) is 12.1 Å². The molecule has 2 aromatic carbocycles. The van der Waals surface area contributed by atoms with E-state index >= 15 is 0 Å². The highest BCUT2D eigenvalue weighted by atomic mass is 32.2. The topological polar surface area (TPSA) is 74.8 Å². The number of carbonyl (C=O) groups is 1. The molecule has 0 unspecified atom stereocenters. The number of amides is 1. The van der Waals surface area contributed by atoms with Crippen molar-refractivity contribution in [2.24, 2.45) is 0 Å². The van der Waals surface area contributed by atoms with Gasteiger partial charge in [0.1, 0.15) is 0 Å². The predicted octanol–water partition coefficient (Wildman–Crippen LogP) is 3.86. The molecule has 6 heteroatoms. The van der Waals surface area contributed by atoms with Crippen molar-refractivity contribution < 1.29 is 4.79 Å². The molecule has 1 amide bonds. The molecule has 138 valence electrons. The molecule has 0 spiro atoms. The van der Waals surface area contributed by atoms with Crippen LogP contribution in [0.1, 0.15) is 22.4 Å². The molecule has 0 saturated carbocycles. The van der Waals surface area contributed by atoms with E-state index in [1.165, 1.54) is 17.8 Å². The van der Waals surface area contributed by atoms with E-state index in [4.69, 9.17) is 0 Å². The average molecular weight is 379 g/mol. The maximum absolute atomic E-state index is 12.4. The monoisotopic (exact) mass is 379 g/mol. The molecule has 0 radical (unpaired) electrons. The zero-order valence-electron chi connectivity index (χ0n) is 15.3. The summed E-state index contributed by atoms with van der Waals surface area (Å²) in [6.07, 6.45) is 0.0522. The van der Waals surface area contributed by atoms with Gasteiger partial charge in [-0.05, 0) is 30.5 Å². The lowest BCUT2D eigenvalue weighted by Gasteiger charge is -2.11. The van der Waals surface area contributed by atoms with Gasteiger partial charge in [0, 0.05) is 17.5 Å². The molecule has 0 saturated heterocycles. The van der Waals surface area contributed by atoms with Crippen LogP contribution >= 0.6 is 11.8 Å². The lowest BCUT2D eigenvalue weighted by Crippen LogP contribution is -2.19. The summed E-state index contributed by atoms with van der Waals surface area (Å²) < 4.78 is 0. The molecule has 0 bridgehead atoms. The number of hydrogen-bond donors (Lipinski definition) is 2. The highest BCUT2D eigenvalue weighted by molar-refractivity contribution is 7.98. The van der Waals surface area contributed by atoms with Crippen molar-refractivity contribution in [1.29, 1.82) is 0 Å². The summed E-state index contributed by atoms with van der Waals surface area (Å²) >= 11 is 1.44. The number of hydrogen-bond acceptors (Lipinski definition) is 4. The summed E-state index contributed by atoms with van der Waals surface area (Å²) in [6, 6.07) is 17.2. The zero-order valence-corrected chi connectivity index (χ0v) is 16.1. The van der Waals surface area contributed by atoms with E-state index in [1.807, 2.05) is 62.4 Å². The number of thioether (sulfide) groups is 1. The largest absolute Gasteiger partial charge is 0.325 e. The first-order valence-corrected chi connectivity index (χ1v) is 9.63. The maximum atomic E-state index is 12.4. The van der Waals surface area contributed by atoms with Gasteiger partial charge in [-0.15, -0.1) is 0 Å². The molecule has 1 aromatic heterocycles. The Morgan fingerprint density at radius 3 is 2.48 bits per heavy atom. The number of aryl methyl sites for hydroxylation is 2. The fourth-order valence-electron chi connectivity index (χ4n) is 2.73. The minimum atomic E-state index is -0.254. The minimum Gasteiger partial charge on any atom is -0.325 e. The molecule has 0 fully saturated rings. The van der Waals surface area contributed by atoms with Gasteiger partial charge in [0.25, 0.3) is 5.56 Å². The molecule has 2 N–H and O–H groups in total. The number of anilines is 1. The van der Waals surface area contributed by atoms with E-state index in [0.717, 1.165) is 22.4 Å². The Balaban J connectivity index is 1.68. The van der Waals surface area contributed by atoms with Crippen LogP contribution in [0, 0.1) is 13.8 Å². The second-order valence-electron chi connectivity index (χ2n) is 6.31. The van der Waals surface area contributed by atoms with E-state index < -0.39 is 0 Å². The van der Waals surface area contributed by atoms with Crippen LogP contribution < -0.4 is 10.9 Å². The number of benzene rings is 2. The fraction of sp³-hybridized carbons (Fsp3) is 0.190. The average Bonchev–Trinajstić information content (AvgIpc) is 2.64. The van der Waals surface area contributed by atoms with Crippen molar-refractivity contribution in [3.8, 4) is 0 Å². The van der Waals surface area contributed by atoms with Crippen LogP contribution in [0.4, 0.5) is 5.69 Å². The Hall–Kier alpha value is -2.86. The first kappa shape index (κ1) is 18.9. The summed E-state index contributed by atoms with van der Waals surface area (Å²) in [5.74, 6) is 0.506. The summed E-state index contributed by atoms with van der Waals surface area (Å²) in [4.78, 5) is 31.5. The molecular formula is C21H21N3O2S. The van der Waals surface area contributed by atoms with Gasteiger partial charge in [-0.2, -0.15) is 0 Å². The van der Waals surface area contributed by atoms with Crippen molar-refractivity contribution in [1.82, 2.24) is 9.97 Å². The van der Waals surface area contributed by atoms with Gasteiger partial charge in [0.15, 0.2) is 5.16 Å². The van der Waals surface area contributed by atoms with Crippen molar-refractivity contribution in [2.75, 3.05) is 5.32 Å². The van der Waals surface area contributed by atoms with Crippen molar-refractivity contribution in [3.05, 3.63) is 87.3 Å². The third-order valence-corrected chi connectivity index (χ3v) is 5.02. The number of aromatic amines is 1. The molecule has 0 atom stereocenters. The van der Waals surface area contributed by atoms with E-state index in [1.54, 1.807) is 0 Å². The number of aromatic nitrogens is 2. The Kier molecular flexibility index (Phi) is 6.08. The zero-order chi connectivity index (χ0) is 19.2. The smallest absolute Gasteiger partial charge is 0.251 e. The summed E-state index contributed by atoms with van der Waals surface area (Å²) in [5, 5.41) is 3.44. The fourth-order valence-corrected chi connectivity index (χ4v) is 3.58. The van der Waals surface area contributed by atoms with Crippen LogP contribution in [0.3, 0.4) is 0 Å². The van der Waals surface area contributed by atoms with Gasteiger partial charge < -0.3 is 10.3 Å². The van der Waals surface area contributed by atoms with Gasteiger partial charge in [0.2, 0.25) is 5.91 Å². The Morgan fingerprint density at radius 2 is 1.78 bits per heavy atom. The number of nitrogens with one attached hydrogen (secondary N) is 2. The Labute approximate surface area is 162 Å². The second kappa shape index (κ2) is 8.68. The summed E-state index contributed by atoms with van der Waals surface area (Å²) in [7, 11) is 0. The van der Waals surface area contributed by atoms with Crippen LogP contribution in [0.15, 0.2) is 64.5 Å². The number of carbonyl (C=O) groups excluding carboxylic acids is 1. The Bertz CT molecular complexity index is 980. The van der Waals surface area contributed by atoms with Crippen LogP contribution in [-0.2, 0) is 17.0 Å². The maximum Gasteiger partial charge on any atom is 0.251 e. The molecular weight excluding hydrogens is 358 g/mol. The SMILES string of the molecule is Cc1cccc(C)c1NC(=O)Cc1cc(=O)[nH]c(SCc2ccccc2)n1. The first-order valence-electron chi connectivity index (χ1n) is 8.64. The van der Waals surface area contributed by atoms with Gasteiger partial charge >= 0.3 is 0 Å². The number of rotatable bonds is 6. The Morgan fingerprint density at radius 1 is 1.07 bits per heavy atom. The molecule has 0 aliphatic carbocycles. The molecule has 0 aliphatic rings. The van der Waals surface area contributed by atoms with Crippen LogP contribution in [-0.4, -0.2) is 15.9 Å². The lowest BCUT2D eigenvalue weighted by molar-refractivity contribution is -0.115. The third kappa shape index (κ3) is 5.31. The van der Waals surface area contributed by atoms with Crippen molar-refractivity contribution in [2.45, 2.75) is 31.2 Å². The highest BCUT2D eigenvalue weighted by Crippen LogP contribution is 2.20. The molecule has 27 heavy (non-hydrogen) atoms. The predicted molar refractivity (Wildman–Crippen MR) is 109 cm³/mol. The quantitative estimate of drug-likeness (QED) is 0.504. The van der Waals surface area contributed by atoms with E-state index in [0.29, 0.717) is 16.6 Å². The molecule has 3 rings (SSSR count). The second-order valence-corrected chi connectivity index (χ2v) is 7.27. The first-order chi connectivity index (χ1) is 13.0. The normalized spacial score (nSPS) is 10.6. The van der Waals surface area contributed by atoms with E-state index in [2.05, 4.69) is 15.3 Å². The molecule has 1 heterocycles. The van der Waals surface area contributed by atoms with Crippen LogP contribution in [0.25, 0.3) is 0 Å². The third-order valence-electron chi connectivity index (χ3n) is 4.08. The summed E-state index contributed by atoms with van der Waals surface area (Å²) in [6.45, 7) is 3.90. The number of para-hydroxylation sites is 1. The molecule has 3 aromatic rings. The standard InChI is InChI=1S/C21H21N3O2S/c1-14-7-6-8-15(2)20(14)23-18(25)11-17-12-19(26)24-21(22-17)27-13-16-9-4-3-5-10-16/h3-10,12H,11,13H2,1-2H3,(H,23,25)(H,22,24,26). The number of H-pyrrole nitrogens is 1. The number of nitrogens with zero attached hydrogens (tertiary/aromatic N) is 1. The molecule has 5 nitrogen and oxygen atoms in total. The highest BCUT2D eigenvalue weighted by Gasteiger charge is 2.11. The minimum absolute atomic E-state index is 0.0522.